The van der Waals surface area contributed by atoms with Crippen LogP contribution in [0.1, 0.15) is 41.5 Å². The van der Waals surface area contributed by atoms with Crippen molar-refractivity contribution in [3.05, 3.63) is 0 Å². The zero-order valence-electron chi connectivity index (χ0n) is 11.1. The molecule has 0 unspecified atom stereocenters. The Balaban J connectivity index is 3.72. The van der Waals surface area contributed by atoms with Crippen molar-refractivity contribution in [3.8, 4) is 0 Å². The highest BCUT2D eigenvalue weighted by molar-refractivity contribution is 7.69. The molecule has 1 N–H and O–H groups in total. The van der Waals surface area contributed by atoms with Crippen LogP contribution in [-0.2, 0) is 20.8 Å². The molecular weight excluding hydrogens is 238 g/mol. The van der Waals surface area contributed by atoms with E-state index in [1.165, 1.54) is 0 Å². The van der Waals surface area contributed by atoms with E-state index in [1.54, 1.807) is 0 Å². The standard InChI is InChI=1S/C12H19NO3S/c1-10(2,3)12(11(4,5)6)7(17-16)8(14)13-9(12)15/h1-6H3,(H,13,14,15). The first-order valence-corrected chi connectivity index (χ1v) is 6.27. The molecule has 0 spiro atoms. The summed E-state index contributed by atoms with van der Waals surface area (Å²) in [6, 6.07) is 0. The first-order chi connectivity index (χ1) is 7.50. The summed E-state index contributed by atoms with van der Waals surface area (Å²) in [7, 11) is 0. The minimum atomic E-state index is -1.07. The van der Waals surface area contributed by atoms with E-state index in [4.69, 9.17) is 0 Å². The van der Waals surface area contributed by atoms with Gasteiger partial charge in [0.1, 0.15) is 10.3 Å². The molecule has 0 radical (unpaired) electrons. The molecule has 4 nitrogen and oxygen atoms in total. The summed E-state index contributed by atoms with van der Waals surface area (Å²) in [4.78, 5) is 24.1. The molecule has 5 heteroatoms. The van der Waals surface area contributed by atoms with E-state index >= 15 is 0 Å². The van der Waals surface area contributed by atoms with Gasteiger partial charge in [0.2, 0.25) is 5.91 Å². The first kappa shape index (κ1) is 14.1. The van der Waals surface area contributed by atoms with E-state index in [2.05, 4.69) is 5.32 Å². The Kier molecular flexibility index (Phi) is 3.12. The monoisotopic (exact) mass is 257 g/mol. The summed E-state index contributed by atoms with van der Waals surface area (Å²) in [6.45, 7) is 11.3. The molecule has 0 aromatic carbocycles. The van der Waals surface area contributed by atoms with Gasteiger partial charge < -0.3 is 0 Å². The van der Waals surface area contributed by atoms with Gasteiger partial charge in [-0.15, -0.1) is 0 Å². The second-order valence-electron chi connectivity index (χ2n) is 6.45. The normalized spacial score (nSPS) is 20.5. The minimum Gasteiger partial charge on any atom is -0.291 e. The Labute approximate surface area is 105 Å². The molecule has 1 rings (SSSR count). The number of carbonyl (C=O) groups is 2. The maximum atomic E-state index is 12.3. The van der Waals surface area contributed by atoms with Crippen LogP contribution in [0.15, 0.2) is 0 Å². The number of carbonyl (C=O) groups excluding carboxylic acids is 2. The molecule has 1 heterocycles. The number of amides is 2. The topological polar surface area (TPSA) is 63.2 Å². The fourth-order valence-corrected chi connectivity index (χ4v) is 4.07. The smallest absolute Gasteiger partial charge is 0.268 e. The summed E-state index contributed by atoms with van der Waals surface area (Å²) in [5.41, 5.74) is -2.08. The number of nitrogens with one attached hydrogen (secondary N) is 1. The van der Waals surface area contributed by atoms with Gasteiger partial charge in [-0.25, -0.2) is 4.21 Å². The predicted molar refractivity (Wildman–Crippen MR) is 67.6 cm³/mol. The third-order valence-electron chi connectivity index (χ3n) is 3.45. The largest absolute Gasteiger partial charge is 0.291 e. The molecule has 1 saturated heterocycles. The SMILES string of the molecule is CC(C)(C)C1(C(C)(C)C)C(=O)NC(=O)C1=S=O. The maximum absolute atomic E-state index is 12.3. The zero-order chi connectivity index (χ0) is 13.6. The highest BCUT2D eigenvalue weighted by Crippen LogP contribution is 2.54. The number of hydrogen-bond acceptors (Lipinski definition) is 3. The van der Waals surface area contributed by atoms with Gasteiger partial charge in [-0.1, -0.05) is 41.5 Å². The lowest BCUT2D eigenvalue weighted by Crippen LogP contribution is -2.55. The van der Waals surface area contributed by atoms with Gasteiger partial charge in [-0.05, 0) is 10.8 Å². The molecule has 0 aromatic rings. The number of hydrogen-bond donors (Lipinski definition) is 1. The summed E-state index contributed by atoms with van der Waals surface area (Å²) in [6.07, 6.45) is 0. The average Bonchev–Trinajstić information content (AvgIpc) is 2.34. The van der Waals surface area contributed by atoms with Crippen molar-refractivity contribution < 1.29 is 13.8 Å². The van der Waals surface area contributed by atoms with Crippen LogP contribution in [0.3, 0.4) is 0 Å². The number of rotatable bonds is 0. The van der Waals surface area contributed by atoms with Crippen molar-refractivity contribution >= 4 is 27.9 Å². The highest BCUT2D eigenvalue weighted by atomic mass is 32.1. The molecule has 0 aromatic heterocycles. The second kappa shape index (κ2) is 3.77. The van der Waals surface area contributed by atoms with Crippen molar-refractivity contribution in [3.63, 3.8) is 0 Å². The number of imide groups is 1. The van der Waals surface area contributed by atoms with Crippen molar-refractivity contribution in [2.45, 2.75) is 41.5 Å². The van der Waals surface area contributed by atoms with E-state index in [0.717, 1.165) is 0 Å². The van der Waals surface area contributed by atoms with Crippen molar-refractivity contribution in [1.82, 2.24) is 5.32 Å². The van der Waals surface area contributed by atoms with Gasteiger partial charge in [0, 0.05) is 0 Å². The molecule has 1 aliphatic heterocycles. The minimum absolute atomic E-state index is 0.0856. The third kappa shape index (κ3) is 1.68. The van der Waals surface area contributed by atoms with E-state index in [9.17, 15) is 13.8 Å². The lowest BCUT2D eigenvalue weighted by atomic mass is 9.53. The van der Waals surface area contributed by atoms with E-state index in [-0.39, 0.29) is 22.0 Å². The van der Waals surface area contributed by atoms with Crippen LogP contribution in [0.2, 0.25) is 0 Å². The van der Waals surface area contributed by atoms with Gasteiger partial charge in [0.15, 0.2) is 0 Å². The molecule has 0 aliphatic carbocycles. The maximum Gasteiger partial charge on any atom is 0.268 e. The van der Waals surface area contributed by atoms with Gasteiger partial charge in [-0.2, -0.15) is 0 Å². The van der Waals surface area contributed by atoms with Crippen LogP contribution in [-0.4, -0.2) is 20.9 Å². The van der Waals surface area contributed by atoms with Crippen LogP contribution >= 0.6 is 0 Å². The van der Waals surface area contributed by atoms with Crippen molar-refractivity contribution in [2.24, 2.45) is 16.2 Å². The fraction of sp³-hybridized carbons (Fsp3) is 0.750. The Morgan fingerprint density at radius 1 is 1.00 bits per heavy atom. The Morgan fingerprint density at radius 2 is 1.41 bits per heavy atom. The molecule has 2 amide bonds. The summed E-state index contributed by atoms with van der Waals surface area (Å²) >= 11 is 0.139. The van der Waals surface area contributed by atoms with Crippen LogP contribution in [0.25, 0.3) is 0 Å². The lowest BCUT2D eigenvalue weighted by molar-refractivity contribution is -0.137. The van der Waals surface area contributed by atoms with Gasteiger partial charge in [0.05, 0.1) is 11.3 Å². The van der Waals surface area contributed by atoms with Crippen LogP contribution in [0.4, 0.5) is 0 Å². The van der Waals surface area contributed by atoms with E-state index in [0.29, 0.717) is 0 Å². The Morgan fingerprint density at radius 3 is 1.65 bits per heavy atom. The molecule has 96 valence electrons. The molecule has 0 saturated carbocycles. The molecular formula is C12H19NO3S. The third-order valence-corrected chi connectivity index (χ3v) is 4.11. The van der Waals surface area contributed by atoms with Gasteiger partial charge >= 0.3 is 0 Å². The fourth-order valence-electron chi connectivity index (χ4n) is 3.11. The summed E-state index contributed by atoms with van der Waals surface area (Å²) < 4.78 is 11.3. The van der Waals surface area contributed by atoms with Gasteiger partial charge in [0.25, 0.3) is 5.91 Å². The van der Waals surface area contributed by atoms with Crippen LogP contribution < -0.4 is 5.32 Å². The molecule has 1 fully saturated rings. The van der Waals surface area contributed by atoms with Crippen molar-refractivity contribution in [1.29, 1.82) is 0 Å². The molecule has 1 aliphatic rings. The average molecular weight is 257 g/mol. The molecule has 0 bridgehead atoms. The van der Waals surface area contributed by atoms with E-state index in [1.807, 2.05) is 41.5 Å². The Hall–Kier alpha value is -0.970. The summed E-state index contributed by atoms with van der Waals surface area (Å²) in [5, 5.41) is 2.29. The molecule has 17 heavy (non-hydrogen) atoms. The first-order valence-electron chi connectivity index (χ1n) is 5.53. The molecule has 0 atom stereocenters. The van der Waals surface area contributed by atoms with Crippen LogP contribution in [0, 0.1) is 16.2 Å². The lowest BCUT2D eigenvalue weighted by Gasteiger charge is -2.47. The van der Waals surface area contributed by atoms with Gasteiger partial charge in [-0.3, -0.25) is 14.9 Å². The second-order valence-corrected chi connectivity index (χ2v) is 7.02. The van der Waals surface area contributed by atoms with Crippen molar-refractivity contribution in [2.75, 3.05) is 0 Å². The Bertz CT molecular complexity index is 420. The highest BCUT2D eigenvalue weighted by Gasteiger charge is 2.65. The van der Waals surface area contributed by atoms with E-state index < -0.39 is 22.2 Å². The zero-order valence-corrected chi connectivity index (χ0v) is 11.9. The quantitative estimate of drug-likeness (QED) is 0.522. The summed E-state index contributed by atoms with van der Waals surface area (Å²) in [5.74, 6) is -0.902. The van der Waals surface area contributed by atoms with Crippen LogP contribution in [0.5, 0.6) is 0 Å². The predicted octanol–water partition coefficient (Wildman–Crippen LogP) is 1.11.